The van der Waals surface area contributed by atoms with E-state index < -0.39 is 0 Å². The standard InChI is InChI=1S/C12H16BrNO/c1-12(2,9-13)14(3)11(15)10-7-5-4-6-8-10/h4-8H,9H2,1-3H3. The van der Waals surface area contributed by atoms with Gasteiger partial charge in [-0.05, 0) is 26.0 Å². The molecule has 0 aliphatic carbocycles. The first-order valence-corrected chi connectivity index (χ1v) is 6.00. The third-order valence-electron chi connectivity index (χ3n) is 2.56. The Morgan fingerprint density at radius 2 is 1.87 bits per heavy atom. The Morgan fingerprint density at radius 3 is 2.33 bits per heavy atom. The average Bonchev–Trinajstić information content (AvgIpc) is 2.28. The van der Waals surface area contributed by atoms with Crippen LogP contribution in [0.25, 0.3) is 0 Å². The topological polar surface area (TPSA) is 20.3 Å². The van der Waals surface area contributed by atoms with E-state index in [0.29, 0.717) is 0 Å². The summed E-state index contributed by atoms with van der Waals surface area (Å²) in [5.74, 6) is 0.0556. The van der Waals surface area contributed by atoms with E-state index in [1.54, 1.807) is 4.90 Å². The summed E-state index contributed by atoms with van der Waals surface area (Å²) in [4.78, 5) is 13.8. The van der Waals surface area contributed by atoms with Gasteiger partial charge in [0.05, 0.1) is 0 Å². The second-order valence-electron chi connectivity index (χ2n) is 4.18. The van der Waals surface area contributed by atoms with Crippen LogP contribution in [0.15, 0.2) is 30.3 Å². The van der Waals surface area contributed by atoms with Gasteiger partial charge in [0, 0.05) is 23.5 Å². The van der Waals surface area contributed by atoms with Crippen LogP contribution in [0.1, 0.15) is 24.2 Å². The van der Waals surface area contributed by atoms with Crippen LogP contribution < -0.4 is 0 Å². The highest BCUT2D eigenvalue weighted by atomic mass is 79.9. The quantitative estimate of drug-likeness (QED) is 0.773. The van der Waals surface area contributed by atoms with Crippen molar-refractivity contribution in [3.63, 3.8) is 0 Å². The lowest BCUT2D eigenvalue weighted by Crippen LogP contribution is -2.46. The highest BCUT2D eigenvalue weighted by Crippen LogP contribution is 2.17. The first-order valence-electron chi connectivity index (χ1n) is 4.88. The largest absolute Gasteiger partial charge is 0.336 e. The van der Waals surface area contributed by atoms with Crippen molar-refractivity contribution in [1.29, 1.82) is 0 Å². The maximum absolute atomic E-state index is 12.1. The molecule has 0 heterocycles. The van der Waals surface area contributed by atoms with Gasteiger partial charge in [0.2, 0.25) is 0 Å². The summed E-state index contributed by atoms with van der Waals surface area (Å²) in [6, 6.07) is 9.34. The molecule has 0 N–H and O–H groups in total. The predicted molar refractivity (Wildman–Crippen MR) is 66.4 cm³/mol. The zero-order valence-electron chi connectivity index (χ0n) is 9.33. The molecule has 1 rings (SSSR count). The molecule has 1 amide bonds. The highest BCUT2D eigenvalue weighted by Gasteiger charge is 2.26. The van der Waals surface area contributed by atoms with Crippen molar-refractivity contribution in [1.82, 2.24) is 4.90 Å². The molecule has 0 radical (unpaired) electrons. The normalized spacial score (nSPS) is 11.2. The SMILES string of the molecule is CN(C(=O)c1ccccc1)C(C)(C)CBr. The summed E-state index contributed by atoms with van der Waals surface area (Å²) in [5, 5.41) is 0.759. The molecule has 3 heteroatoms. The highest BCUT2D eigenvalue weighted by molar-refractivity contribution is 9.09. The van der Waals surface area contributed by atoms with E-state index in [4.69, 9.17) is 0 Å². The van der Waals surface area contributed by atoms with Crippen molar-refractivity contribution < 1.29 is 4.79 Å². The van der Waals surface area contributed by atoms with E-state index in [1.165, 1.54) is 0 Å². The van der Waals surface area contributed by atoms with Gasteiger partial charge in [0.15, 0.2) is 0 Å². The Hall–Kier alpha value is -0.830. The number of rotatable bonds is 3. The van der Waals surface area contributed by atoms with Crippen LogP contribution >= 0.6 is 15.9 Å². The molecule has 0 aliphatic rings. The van der Waals surface area contributed by atoms with Crippen molar-refractivity contribution in [2.45, 2.75) is 19.4 Å². The van der Waals surface area contributed by atoms with E-state index >= 15 is 0 Å². The molecular formula is C12H16BrNO. The molecule has 0 aromatic heterocycles. The summed E-state index contributed by atoms with van der Waals surface area (Å²) in [6.07, 6.45) is 0. The Kier molecular flexibility index (Phi) is 3.91. The van der Waals surface area contributed by atoms with Crippen LogP contribution in [0.3, 0.4) is 0 Å². The molecule has 1 aromatic rings. The van der Waals surface area contributed by atoms with Crippen molar-refractivity contribution in [3.05, 3.63) is 35.9 Å². The minimum Gasteiger partial charge on any atom is -0.336 e. The molecule has 0 spiro atoms. The van der Waals surface area contributed by atoms with Crippen LogP contribution in [0, 0.1) is 0 Å². The monoisotopic (exact) mass is 269 g/mol. The fourth-order valence-electron chi connectivity index (χ4n) is 1.14. The molecule has 0 fully saturated rings. The summed E-state index contributed by atoms with van der Waals surface area (Å²) in [7, 11) is 1.83. The van der Waals surface area contributed by atoms with Crippen molar-refractivity contribution >= 4 is 21.8 Å². The average molecular weight is 270 g/mol. The summed E-state index contributed by atoms with van der Waals surface area (Å²) in [5.41, 5.74) is 0.557. The third kappa shape index (κ3) is 2.81. The fraction of sp³-hybridized carbons (Fsp3) is 0.417. The number of hydrogen-bond acceptors (Lipinski definition) is 1. The van der Waals surface area contributed by atoms with Crippen molar-refractivity contribution in [2.24, 2.45) is 0 Å². The van der Waals surface area contributed by atoms with Gasteiger partial charge in [-0.3, -0.25) is 4.79 Å². The minimum atomic E-state index is -0.174. The number of carbonyl (C=O) groups is 1. The molecule has 0 unspecified atom stereocenters. The Labute approximate surface area is 99.4 Å². The Balaban J connectivity index is 2.87. The lowest BCUT2D eigenvalue weighted by Gasteiger charge is -2.34. The second kappa shape index (κ2) is 4.79. The number of carbonyl (C=O) groups excluding carboxylic acids is 1. The number of nitrogens with zero attached hydrogens (tertiary/aromatic N) is 1. The van der Waals surface area contributed by atoms with E-state index in [-0.39, 0.29) is 11.4 Å². The zero-order valence-corrected chi connectivity index (χ0v) is 10.9. The molecule has 0 atom stereocenters. The molecule has 82 valence electrons. The van der Waals surface area contributed by atoms with Crippen molar-refractivity contribution in [2.75, 3.05) is 12.4 Å². The maximum Gasteiger partial charge on any atom is 0.254 e. The lowest BCUT2D eigenvalue weighted by molar-refractivity contribution is 0.0663. The van der Waals surface area contributed by atoms with E-state index in [2.05, 4.69) is 15.9 Å². The molecule has 15 heavy (non-hydrogen) atoms. The predicted octanol–water partition coefficient (Wildman–Crippen LogP) is 2.93. The van der Waals surface area contributed by atoms with Crippen LogP contribution in [0.5, 0.6) is 0 Å². The maximum atomic E-state index is 12.1. The summed E-state index contributed by atoms with van der Waals surface area (Å²) < 4.78 is 0. The van der Waals surface area contributed by atoms with Gasteiger partial charge in [0.1, 0.15) is 0 Å². The number of alkyl halides is 1. The van der Waals surface area contributed by atoms with Crippen LogP contribution in [-0.4, -0.2) is 28.7 Å². The zero-order chi connectivity index (χ0) is 11.5. The van der Waals surface area contributed by atoms with Gasteiger partial charge in [-0.15, -0.1) is 0 Å². The first-order chi connectivity index (χ1) is 6.99. The first kappa shape index (κ1) is 12.2. The van der Waals surface area contributed by atoms with Crippen LogP contribution in [-0.2, 0) is 0 Å². The minimum absolute atomic E-state index is 0.0556. The fourth-order valence-corrected chi connectivity index (χ4v) is 1.52. The van der Waals surface area contributed by atoms with E-state index in [1.807, 2.05) is 51.2 Å². The number of benzene rings is 1. The number of halogens is 1. The third-order valence-corrected chi connectivity index (χ3v) is 3.93. The van der Waals surface area contributed by atoms with E-state index in [0.717, 1.165) is 10.9 Å². The molecule has 0 saturated heterocycles. The van der Waals surface area contributed by atoms with Gasteiger partial charge in [-0.25, -0.2) is 0 Å². The Morgan fingerprint density at radius 1 is 1.33 bits per heavy atom. The van der Waals surface area contributed by atoms with Gasteiger partial charge >= 0.3 is 0 Å². The van der Waals surface area contributed by atoms with Gasteiger partial charge < -0.3 is 4.90 Å². The number of amides is 1. The second-order valence-corrected chi connectivity index (χ2v) is 4.74. The summed E-state index contributed by atoms with van der Waals surface area (Å²) in [6.45, 7) is 4.06. The smallest absolute Gasteiger partial charge is 0.254 e. The van der Waals surface area contributed by atoms with E-state index in [9.17, 15) is 4.79 Å². The van der Waals surface area contributed by atoms with Crippen LogP contribution in [0.2, 0.25) is 0 Å². The lowest BCUT2D eigenvalue weighted by atomic mass is 10.1. The van der Waals surface area contributed by atoms with Crippen LogP contribution in [0.4, 0.5) is 0 Å². The molecule has 0 bridgehead atoms. The molecule has 1 aromatic carbocycles. The van der Waals surface area contributed by atoms with Gasteiger partial charge in [-0.1, -0.05) is 34.1 Å². The van der Waals surface area contributed by atoms with Gasteiger partial charge in [-0.2, -0.15) is 0 Å². The molecule has 0 aliphatic heterocycles. The number of hydrogen-bond donors (Lipinski definition) is 0. The molecule has 2 nitrogen and oxygen atoms in total. The molecular weight excluding hydrogens is 254 g/mol. The Bertz CT molecular complexity index is 335. The summed E-state index contributed by atoms with van der Waals surface area (Å²) >= 11 is 3.42. The van der Waals surface area contributed by atoms with Crippen molar-refractivity contribution in [3.8, 4) is 0 Å². The molecule has 0 saturated carbocycles. The van der Waals surface area contributed by atoms with Gasteiger partial charge in [0.25, 0.3) is 5.91 Å².